The van der Waals surface area contributed by atoms with E-state index >= 15 is 0 Å². The number of fused-ring (bicyclic) bond motifs is 8. The van der Waals surface area contributed by atoms with Crippen LogP contribution in [0.25, 0.3) is 27.6 Å². The summed E-state index contributed by atoms with van der Waals surface area (Å²) in [5.74, 6) is 1.03. The maximum Gasteiger partial charge on any atom is 0.178 e. The summed E-state index contributed by atoms with van der Waals surface area (Å²) in [4.78, 5) is 0. The van der Waals surface area contributed by atoms with Gasteiger partial charge in [0.15, 0.2) is 5.60 Å². The molecule has 0 atom stereocenters. The van der Waals surface area contributed by atoms with Gasteiger partial charge in [0.25, 0.3) is 0 Å². The van der Waals surface area contributed by atoms with E-state index in [-0.39, 0.29) is 0 Å². The average molecular weight is 467 g/mol. The molecule has 1 aliphatic heterocycles. The summed E-state index contributed by atoms with van der Waals surface area (Å²) in [5.41, 5.74) is 8.43. The van der Waals surface area contributed by atoms with Gasteiger partial charge in [-0.15, -0.1) is 0 Å². The summed E-state index contributed by atoms with van der Waals surface area (Å²) in [6.07, 6.45) is 9.44. The van der Waals surface area contributed by atoms with E-state index < -0.39 is 5.60 Å². The Morgan fingerprint density at radius 3 is 1.97 bits per heavy atom. The highest BCUT2D eigenvalue weighted by atomic mass is 16.5. The zero-order valence-corrected chi connectivity index (χ0v) is 21.0. The molecule has 7 rings (SSSR count). The smallest absolute Gasteiger partial charge is 0.178 e. The minimum Gasteiger partial charge on any atom is -0.472 e. The lowest BCUT2D eigenvalue weighted by atomic mass is 9.78. The fraction of sp³-hybridized carbons (Fsp3) is 0.200. The van der Waals surface area contributed by atoms with E-state index in [1.807, 2.05) is 0 Å². The molecule has 0 bridgehead atoms. The highest BCUT2D eigenvalue weighted by Crippen LogP contribution is 2.50. The average Bonchev–Trinajstić information content (AvgIpc) is 2.93. The van der Waals surface area contributed by atoms with E-state index in [1.165, 1.54) is 62.2 Å². The standard InChI is InChI=1S/C35H30O/c1-23-11-16-26(17-12-23)35(27-18-13-24(2)14-19-27)22-21-32-30-10-6-5-9-29(30)31-20-15-25-7-3-4-8-28(25)33(31)34(32)36-35/h3-4,7-8,11-22H,5-6,9-10H2,1-2H3. The van der Waals surface area contributed by atoms with Crippen molar-refractivity contribution in [2.75, 3.05) is 0 Å². The quantitative estimate of drug-likeness (QED) is 0.236. The normalized spacial score (nSPS) is 15.9. The second-order valence-corrected chi connectivity index (χ2v) is 10.5. The maximum atomic E-state index is 7.37. The van der Waals surface area contributed by atoms with Crippen molar-refractivity contribution in [2.24, 2.45) is 0 Å². The lowest BCUT2D eigenvalue weighted by molar-refractivity contribution is 0.163. The third-order valence-corrected chi connectivity index (χ3v) is 8.23. The van der Waals surface area contributed by atoms with Crippen LogP contribution in [0.3, 0.4) is 0 Å². The zero-order valence-electron chi connectivity index (χ0n) is 21.0. The number of aryl methyl sites for hydroxylation is 3. The molecule has 5 aromatic carbocycles. The predicted octanol–water partition coefficient (Wildman–Crippen LogP) is 8.84. The van der Waals surface area contributed by atoms with Crippen LogP contribution in [0.4, 0.5) is 0 Å². The summed E-state index contributed by atoms with van der Waals surface area (Å²) >= 11 is 0. The van der Waals surface area contributed by atoms with Crippen LogP contribution < -0.4 is 4.74 Å². The SMILES string of the molecule is Cc1ccc(C2(c3ccc(C)cc3)C=Cc3c4c(c5ccc6ccccc6c5c3O2)CCCC4)cc1. The Morgan fingerprint density at radius 1 is 0.639 bits per heavy atom. The van der Waals surface area contributed by atoms with Gasteiger partial charge >= 0.3 is 0 Å². The van der Waals surface area contributed by atoms with Crippen LogP contribution in [-0.2, 0) is 18.4 Å². The molecule has 5 aromatic rings. The first-order valence-corrected chi connectivity index (χ1v) is 13.2. The second kappa shape index (κ2) is 8.10. The first-order chi connectivity index (χ1) is 17.6. The molecule has 1 heteroatoms. The van der Waals surface area contributed by atoms with E-state index in [2.05, 4.69) is 111 Å². The largest absolute Gasteiger partial charge is 0.472 e. The van der Waals surface area contributed by atoms with Crippen molar-refractivity contribution in [3.63, 3.8) is 0 Å². The molecular formula is C35H30O. The van der Waals surface area contributed by atoms with E-state index in [0.717, 1.165) is 29.7 Å². The third-order valence-electron chi connectivity index (χ3n) is 8.23. The molecule has 0 N–H and O–H groups in total. The Labute approximate surface area is 213 Å². The van der Waals surface area contributed by atoms with E-state index in [0.29, 0.717) is 0 Å². The van der Waals surface area contributed by atoms with E-state index in [1.54, 1.807) is 0 Å². The first kappa shape index (κ1) is 21.4. The van der Waals surface area contributed by atoms with Crippen LogP contribution in [0, 0.1) is 13.8 Å². The van der Waals surface area contributed by atoms with Crippen molar-refractivity contribution < 1.29 is 4.74 Å². The van der Waals surface area contributed by atoms with Gasteiger partial charge in [-0.2, -0.15) is 0 Å². The molecule has 0 radical (unpaired) electrons. The van der Waals surface area contributed by atoms with Gasteiger partial charge in [0.1, 0.15) is 5.75 Å². The summed E-state index contributed by atoms with van der Waals surface area (Å²) in [7, 11) is 0. The molecule has 176 valence electrons. The minimum absolute atomic E-state index is 0.679. The number of hydrogen-bond acceptors (Lipinski definition) is 1. The topological polar surface area (TPSA) is 9.23 Å². The van der Waals surface area contributed by atoms with Crippen LogP contribution in [0.2, 0.25) is 0 Å². The number of ether oxygens (including phenoxy) is 1. The molecule has 0 saturated heterocycles. The van der Waals surface area contributed by atoms with E-state index in [4.69, 9.17) is 4.74 Å². The fourth-order valence-corrected chi connectivity index (χ4v) is 6.30. The molecule has 0 unspecified atom stereocenters. The molecular weight excluding hydrogens is 436 g/mol. The fourth-order valence-electron chi connectivity index (χ4n) is 6.30. The molecule has 1 nitrogen and oxygen atoms in total. The Balaban J connectivity index is 1.57. The van der Waals surface area contributed by atoms with Gasteiger partial charge in [0.05, 0.1) is 0 Å². The predicted molar refractivity (Wildman–Crippen MR) is 151 cm³/mol. The van der Waals surface area contributed by atoms with Crippen LogP contribution >= 0.6 is 0 Å². The van der Waals surface area contributed by atoms with Gasteiger partial charge in [-0.25, -0.2) is 0 Å². The van der Waals surface area contributed by atoms with Crippen molar-refractivity contribution in [1.82, 2.24) is 0 Å². The van der Waals surface area contributed by atoms with Crippen LogP contribution in [0.15, 0.2) is 91.0 Å². The van der Waals surface area contributed by atoms with Gasteiger partial charge in [0.2, 0.25) is 0 Å². The second-order valence-electron chi connectivity index (χ2n) is 10.5. The highest BCUT2D eigenvalue weighted by molar-refractivity contribution is 6.13. The Morgan fingerprint density at radius 2 is 1.28 bits per heavy atom. The molecule has 1 aliphatic carbocycles. The van der Waals surface area contributed by atoms with Gasteiger partial charge in [-0.3, -0.25) is 0 Å². The van der Waals surface area contributed by atoms with Gasteiger partial charge < -0.3 is 4.74 Å². The molecule has 0 fully saturated rings. The van der Waals surface area contributed by atoms with Gasteiger partial charge in [-0.05, 0) is 72.9 Å². The molecule has 1 heterocycles. The number of benzene rings is 5. The highest BCUT2D eigenvalue weighted by Gasteiger charge is 2.39. The summed E-state index contributed by atoms with van der Waals surface area (Å²) in [6, 6.07) is 31.0. The summed E-state index contributed by atoms with van der Waals surface area (Å²) in [6.45, 7) is 4.28. The Kier molecular flexibility index (Phi) is 4.82. The van der Waals surface area contributed by atoms with Gasteiger partial charge in [-0.1, -0.05) is 102 Å². The minimum atomic E-state index is -0.679. The van der Waals surface area contributed by atoms with Crippen molar-refractivity contribution in [3.05, 3.63) is 130 Å². The lowest BCUT2D eigenvalue weighted by Crippen LogP contribution is -2.34. The van der Waals surface area contributed by atoms with Crippen molar-refractivity contribution in [1.29, 1.82) is 0 Å². The third kappa shape index (κ3) is 3.15. The summed E-state index contributed by atoms with van der Waals surface area (Å²) < 4.78 is 7.37. The van der Waals surface area contributed by atoms with Gasteiger partial charge in [0, 0.05) is 22.1 Å². The zero-order chi connectivity index (χ0) is 24.3. The monoisotopic (exact) mass is 466 g/mol. The van der Waals surface area contributed by atoms with Crippen LogP contribution in [0.5, 0.6) is 5.75 Å². The lowest BCUT2D eigenvalue weighted by Gasteiger charge is -2.38. The van der Waals surface area contributed by atoms with Crippen molar-refractivity contribution >= 4 is 27.6 Å². The molecule has 0 aromatic heterocycles. The number of rotatable bonds is 2. The Bertz CT molecular complexity index is 1610. The Hall–Kier alpha value is -3.84. The molecule has 2 aliphatic rings. The molecule has 0 amide bonds. The molecule has 0 saturated carbocycles. The molecule has 0 spiro atoms. The number of hydrogen-bond donors (Lipinski definition) is 0. The van der Waals surface area contributed by atoms with Crippen LogP contribution in [-0.4, -0.2) is 0 Å². The van der Waals surface area contributed by atoms with Crippen molar-refractivity contribution in [3.8, 4) is 5.75 Å². The molecule has 36 heavy (non-hydrogen) atoms. The van der Waals surface area contributed by atoms with E-state index in [9.17, 15) is 0 Å². The maximum absolute atomic E-state index is 7.37. The summed E-state index contributed by atoms with van der Waals surface area (Å²) in [5, 5.41) is 5.16. The van der Waals surface area contributed by atoms with Crippen LogP contribution in [0.1, 0.15) is 51.8 Å². The first-order valence-electron chi connectivity index (χ1n) is 13.2. The van der Waals surface area contributed by atoms with Crippen molar-refractivity contribution in [2.45, 2.75) is 45.1 Å².